The highest BCUT2D eigenvalue weighted by Crippen LogP contribution is 2.39. The highest BCUT2D eigenvalue weighted by molar-refractivity contribution is 5.88. The smallest absolute Gasteiger partial charge is 0.410 e. The molecule has 1 N–H and O–H groups in total. The Morgan fingerprint density at radius 3 is 2.30 bits per heavy atom. The molecule has 168 valence electrons. The Kier molecular flexibility index (Phi) is 7.49. The van der Waals surface area contributed by atoms with Crippen LogP contribution in [0.15, 0.2) is 12.3 Å². The standard InChI is InChI=1S/C19H29N5O4.C2H6/c1-14(25)20-15-6-11-24(21-15)16(26)22-12-8-19(9-13-22)7-5-10-23(19)17(27)28-18(2,3)4;1-2/h6,11H,5,7-10,12-13H2,1-4H3,(H,20,21,25);1-2H3. The fourth-order valence-electron chi connectivity index (χ4n) is 4.00. The zero-order valence-corrected chi connectivity index (χ0v) is 19.0. The van der Waals surface area contributed by atoms with E-state index < -0.39 is 5.60 Å². The molecule has 9 nitrogen and oxygen atoms in total. The number of rotatable bonds is 1. The average Bonchev–Trinajstić information content (AvgIpc) is 3.29. The molecule has 3 heterocycles. The van der Waals surface area contributed by atoms with Crippen molar-refractivity contribution in [1.82, 2.24) is 19.6 Å². The van der Waals surface area contributed by atoms with Gasteiger partial charge in [-0.3, -0.25) is 4.79 Å². The van der Waals surface area contributed by atoms with E-state index in [4.69, 9.17) is 4.74 Å². The summed E-state index contributed by atoms with van der Waals surface area (Å²) in [4.78, 5) is 40.1. The molecule has 1 spiro atoms. The molecule has 0 aliphatic carbocycles. The van der Waals surface area contributed by atoms with Crippen molar-refractivity contribution >= 4 is 23.8 Å². The molecule has 3 amide bonds. The molecule has 3 rings (SSSR count). The number of amides is 3. The van der Waals surface area contributed by atoms with Crippen LogP contribution >= 0.6 is 0 Å². The van der Waals surface area contributed by atoms with E-state index in [1.165, 1.54) is 11.6 Å². The minimum atomic E-state index is -0.525. The summed E-state index contributed by atoms with van der Waals surface area (Å²) in [5.74, 6) is 0.113. The van der Waals surface area contributed by atoms with Crippen LogP contribution in [0.1, 0.15) is 67.2 Å². The number of hydrogen-bond acceptors (Lipinski definition) is 5. The summed E-state index contributed by atoms with van der Waals surface area (Å²) in [6.45, 7) is 12.8. The number of hydrogen-bond donors (Lipinski definition) is 1. The molecule has 0 aromatic carbocycles. The van der Waals surface area contributed by atoms with E-state index in [2.05, 4.69) is 10.4 Å². The van der Waals surface area contributed by atoms with E-state index in [1.54, 1.807) is 17.2 Å². The fraction of sp³-hybridized carbons (Fsp3) is 0.714. The van der Waals surface area contributed by atoms with Gasteiger partial charge in [-0.05, 0) is 46.5 Å². The Balaban J connectivity index is 0.00000155. The van der Waals surface area contributed by atoms with Gasteiger partial charge in [0.15, 0.2) is 5.82 Å². The average molecular weight is 422 g/mol. The number of ether oxygens (including phenoxy) is 1. The monoisotopic (exact) mass is 421 g/mol. The van der Waals surface area contributed by atoms with Crippen LogP contribution in [0.4, 0.5) is 15.4 Å². The highest BCUT2D eigenvalue weighted by Gasteiger charge is 2.47. The lowest BCUT2D eigenvalue weighted by Crippen LogP contribution is -2.56. The van der Waals surface area contributed by atoms with Crippen molar-refractivity contribution < 1.29 is 19.1 Å². The van der Waals surface area contributed by atoms with Crippen LogP contribution in [-0.2, 0) is 9.53 Å². The van der Waals surface area contributed by atoms with Crippen molar-refractivity contribution in [1.29, 1.82) is 0 Å². The number of carbonyl (C=O) groups excluding carboxylic acids is 3. The van der Waals surface area contributed by atoms with Crippen LogP contribution in [0, 0.1) is 0 Å². The van der Waals surface area contributed by atoms with E-state index in [0.717, 1.165) is 25.7 Å². The number of likely N-dealkylation sites (tertiary alicyclic amines) is 2. The predicted molar refractivity (Wildman–Crippen MR) is 114 cm³/mol. The van der Waals surface area contributed by atoms with Gasteiger partial charge in [0.05, 0.1) is 0 Å². The first-order chi connectivity index (χ1) is 14.1. The topological polar surface area (TPSA) is 96.8 Å². The number of nitrogens with one attached hydrogen (secondary N) is 1. The van der Waals surface area contributed by atoms with Crippen LogP contribution in [0.3, 0.4) is 0 Å². The molecule has 0 atom stereocenters. The van der Waals surface area contributed by atoms with E-state index >= 15 is 0 Å². The zero-order chi connectivity index (χ0) is 22.5. The third kappa shape index (κ3) is 5.52. The summed E-state index contributed by atoms with van der Waals surface area (Å²) in [6, 6.07) is 1.36. The summed E-state index contributed by atoms with van der Waals surface area (Å²) >= 11 is 0. The van der Waals surface area contributed by atoms with Crippen molar-refractivity contribution in [2.45, 2.75) is 78.4 Å². The lowest BCUT2D eigenvalue weighted by molar-refractivity contribution is -0.114. The Morgan fingerprint density at radius 2 is 1.73 bits per heavy atom. The maximum atomic E-state index is 12.7. The minimum absolute atomic E-state index is 0.228. The quantitative estimate of drug-likeness (QED) is 0.746. The first-order valence-corrected chi connectivity index (χ1v) is 10.7. The van der Waals surface area contributed by atoms with Crippen LogP contribution in [0.25, 0.3) is 0 Å². The Labute approximate surface area is 178 Å². The number of aromatic nitrogens is 2. The summed E-state index contributed by atoms with van der Waals surface area (Å²) in [7, 11) is 0. The predicted octanol–water partition coefficient (Wildman–Crippen LogP) is 3.70. The van der Waals surface area contributed by atoms with E-state index in [1.807, 2.05) is 39.5 Å². The molecule has 2 saturated heterocycles. The van der Waals surface area contributed by atoms with E-state index in [-0.39, 0.29) is 23.6 Å². The number of piperidine rings is 1. The normalized spacial score (nSPS) is 17.9. The molecule has 1 aromatic rings. The third-order valence-corrected chi connectivity index (χ3v) is 5.26. The summed E-state index contributed by atoms with van der Waals surface area (Å²) in [5, 5.41) is 6.67. The number of nitrogens with zero attached hydrogens (tertiary/aromatic N) is 4. The second kappa shape index (κ2) is 9.49. The van der Waals surface area contributed by atoms with Gasteiger partial charge in [0, 0.05) is 44.4 Å². The maximum Gasteiger partial charge on any atom is 0.410 e. The Hall–Kier alpha value is -2.58. The zero-order valence-electron chi connectivity index (χ0n) is 19.0. The summed E-state index contributed by atoms with van der Waals surface area (Å²) < 4.78 is 6.82. The minimum Gasteiger partial charge on any atom is -0.444 e. The molecule has 2 fully saturated rings. The Morgan fingerprint density at radius 1 is 1.10 bits per heavy atom. The molecule has 9 heteroatoms. The second-order valence-electron chi connectivity index (χ2n) is 8.56. The molecular weight excluding hydrogens is 386 g/mol. The maximum absolute atomic E-state index is 12.7. The van der Waals surface area contributed by atoms with Gasteiger partial charge in [0.25, 0.3) is 0 Å². The molecule has 0 radical (unpaired) electrons. The molecule has 1 aromatic heterocycles. The van der Waals surface area contributed by atoms with Crippen molar-refractivity contribution in [3.63, 3.8) is 0 Å². The van der Waals surface area contributed by atoms with Gasteiger partial charge in [0.1, 0.15) is 5.60 Å². The van der Waals surface area contributed by atoms with Crippen LogP contribution < -0.4 is 5.32 Å². The van der Waals surface area contributed by atoms with Crippen molar-refractivity contribution in [2.75, 3.05) is 25.0 Å². The fourth-order valence-corrected chi connectivity index (χ4v) is 4.00. The van der Waals surface area contributed by atoms with E-state index in [0.29, 0.717) is 25.5 Å². The molecule has 2 aliphatic heterocycles. The van der Waals surface area contributed by atoms with Gasteiger partial charge in [-0.25, -0.2) is 9.59 Å². The van der Waals surface area contributed by atoms with Crippen molar-refractivity contribution in [2.24, 2.45) is 0 Å². The van der Waals surface area contributed by atoms with Gasteiger partial charge < -0.3 is 19.9 Å². The lowest BCUT2D eigenvalue weighted by Gasteiger charge is -2.44. The highest BCUT2D eigenvalue weighted by atomic mass is 16.6. The largest absolute Gasteiger partial charge is 0.444 e. The van der Waals surface area contributed by atoms with Gasteiger partial charge in [0.2, 0.25) is 5.91 Å². The SMILES string of the molecule is CC.CC(=O)Nc1ccn(C(=O)N2CCC3(CCCN3C(=O)OC(C)(C)C)CC2)n1. The molecule has 0 saturated carbocycles. The number of anilines is 1. The molecular formula is C21H35N5O4. The van der Waals surface area contributed by atoms with Gasteiger partial charge >= 0.3 is 12.1 Å². The summed E-state index contributed by atoms with van der Waals surface area (Å²) in [5.41, 5.74) is -0.756. The number of carbonyl (C=O) groups is 3. The second-order valence-corrected chi connectivity index (χ2v) is 8.56. The van der Waals surface area contributed by atoms with Gasteiger partial charge in [-0.15, -0.1) is 5.10 Å². The van der Waals surface area contributed by atoms with E-state index in [9.17, 15) is 14.4 Å². The molecule has 2 aliphatic rings. The third-order valence-electron chi connectivity index (χ3n) is 5.26. The summed E-state index contributed by atoms with van der Waals surface area (Å²) in [6.07, 6.45) is 4.60. The molecule has 0 bridgehead atoms. The van der Waals surface area contributed by atoms with Gasteiger partial charge in [-0.2, -0.15) is 4.68 Å². The van der Waals surface area contributed by atoms with Crippen LogP contribution in [-0.4, -0.2) is 68.4 Å². The van der Waals surface area contributed by atoms with Crippen molar-refractivity contribution in [3.05, 3.63) is 12.3 Å². The first-order valence-electron chi connectivity index (χ1n) is 10.7. The molecule has 30 heavy (non-hydrogen) atoms. The van der Waals surface area contributed by atoms with Crippen LogP contribution in [0.2, 0.25) is 0 Å². The Bertz CT molecular complexity index is 760. The van der Waals surface area contributed by atoms with Gasteiger partial charge in [-0.1, -0.05) is 13.8 Å². The van der Waals surface area contributed by atoms with Crippen molar-refractivity contribution in [3.8, 4) is 0 Å². The first kappa shape index (κ1) is 23.7. The molecule has 0 unspecified atom stereocenters. The van der Waals surface area contributed by atoms with Crippen LogP contribution in [0.5, 0.6) is 0 Å². The lowest BCUT2D eigenvalue weighted by atomic mass is 9.85.